The second-order valence-corrected chi connectivity index (χ2v) is 5.81. The van der Waals surface area contributed by atoms with Gasteiger partial charge in [-0.2, -0.15) is 0 Å². The molecule has 0 spiro atoms. The van der Waals surface area contributed by atoms with Gasteiger partial charge in [-0.3, -0.25) is 4.40 Å². The first-order valence-electron chi connectivity index (χ1n) is 6.91. The molecular weight excluding hydrogens is 331 g/mol. The van der Waals surface area contributed by atoms with E-state index >= 15 is 0 Å². The van der Waals surface area contributed by atoms with E-state index in [-0.39, 0.29) is 11.5 Å². The number of rotatable bonds is 3. The van der Waals surface area contributed by atoms with Crippen molar-refractivity contribution < 1.29 is 14.3 Å². The number of benzene rings is 1. The molecule has 1 N–H and O–H groups in total. The molecule has 1 aromatic carbocycles. The van der Waals surface area contributed by atoms with Crippen LogP contribution in [0.25, 0.3) is 27.7 Å². The molecule has 0 aliphatic carbocycles. The minimum absolute atomic E-state index is 0.0288. The molecule has 118 valence electrons. The van der Waals surface area contributed by atoms with Gasteiger partial charge in [-0.05, 0) is 30.3 Å². The van der Waals surface area contributed by atoms with Gasteiger partial charge in [-0.1, -0.05) is 0 Å². The molecule has 0 atom stereocenters. The molecule has 3 heterocycles. The average Bonchev–Trinajstić information content (AvgIpc) is 3.19. The molecule has 4 aromatic rings. The number of aromatic carboxylic acids is 1. The fourth-order valence-electron chi connectivity index (χ4n) is 2.38. The Labute approximate surface area is 138 Å². The highest BCUT2D eigenvalue weighted by Gasteiger charge is 2.20. The molecule has 8 heteroatoms. The Balaban J connectivity index is 1.99. The fraction of sp³-hybridized carbons (Fsp3) is 0. The third-order valence-corrected chi connectivity index (χ3v) is 4.30. The van der Waals surface area contributed by atoms with Crippen LogP contribution < -0.4 is 0 Å². The molecule has 6 nitrogen and oxygen atoms in total. The van der Waals surface area contributed by atoms with E-state index in [0.29, 0.717) is 27.7 Å². The number of carboxylic acid groups (broad SMARTS) is 1. The summed E-state index contributed by atoms with van der Waals surface area (Å²) in [5.74, 6) is -0.976. The Morgan fingerprint density at radius 1 is 1.21 bits per heavy atom. The van der Waals surface area contributed by atoms with Crippen LogP contribution in [0, 0.1) is 5.82 Å². The van der Waals surface area contributed by atoms with Gasteiger partial charge in [-0.25, -0.2) is 24.1 Å². The topological polar surface area (TPSA) is 80.4 Å². The Bertz CT molecular complexity index is 1060. The first-order chi connectivity index (χ1) is 11.6. The summed E-state index contributed by atoms with van der Waals surface area (Å²) in [5.41, 5.74) is 1.87. The maximum Gasteiger partial charge on any atom is 0.355 e. The van der Waals surface area contributed by atoms with Gasteiger partial charge >= 0.3 is 5.97 Å². The summed E-state index contributed by atoms with van der Waals surface area (Å²) in [7, 11) is 0. The predicted molar refractivity (Wildman–Crippen MR) is 86.4 cm³/mol. The van der Waals surface area contributed by atoms with Crippen LogP contribution in [0.4, 0.5) is 4.39 Å². The molecule has 0 radical (unpaired) electrons. The van der Waals surface area contributed by atoms with Crippen LogP contribution in [-0.2, 0) is 0 Å². The molecule has 24 heavy (non-hydrogen) atoms. The van der Waals surface area contributed by atoms with Crippen LogP contribution in [-0.4, -0.2) is 30.4 Å². The summed E-state index contributed by atoms with van der Waals surface area (Å²) >= 11 is 1.21. The standard InChI is InChI=1S/C16H9FN4O2S/c17-10-4-2-9(3-5-10)12-13(14-19-11(8-24-14)15(22)23)21-7-1-6-18-16(21)20-12/h1-8H,(H,22,23). The molecule has 0 bridgehead atoms. The van der Waals surface area contributed by atoms with E-state index in [1.807, 2.05) is 0 Å². The number of imidazole rings is 1. The summed E-state index contributed by atoms with van der Waals surface area (Å²) in [6, 6.07) is 7.68. The van der Waals surface area contributed by atoms with Crippen LogP contribution in [0.2, 0.25) is 0 Å². The minimum Gasteiger partial charge on any atom is -0.476 e. The zero-order chi connectivity index (χ0) is 16.7. The number of nitrogens with zero attached hydrogens (tertiary/aromatic N) is 4. The van der Waals surface area contributed by atoms with Crippen molar-refractivity contribution in [2.45, 2.75) is 0 Å². The van der Waals surface area contributed by atoms with Crippen molar-refractivity contribution in [3.63, 3.8) is 0 Å². The largest absolute Gasteiger partial charge is 0.476 e. The predicted octanol–water partition coefficient (Wildman–Crippen LogP) is 3.36. The summed E-state index contributed by atoms with van der Waals surface area (Å²) in [5, 5.41) is 11.1. The summed E-state index contributed by atoms with van der Waals surface area (Å²) in [6.45, 7) is 0. The van der Waals surface area contributed by atoms with Crippen molar-refractivity contribution >= 4 is 23.1 Å². The number of hydrogen-bond donors (Lipinski definition) is 1. The first-order valence-corrected chi connectivity index (χ1v) is 7.79. The van der Waals surface area contributed by atoms with E-state index in [9.17, 15) is 9.18 Å². The van der Waals surface area contributed by atoms with E-state index in [4.69, 9.17) is 5.11 Å². The number of fused-ring (bicyclic) bond motifs is 1. The third-order valence-electron chi connectivity index (χ3n) is 3.45. The van der Waals surface area contributed by atoms with Crippen molar-refractivity contribution in [2.24, 2.45) is 0 Å². The maximum absolute atomic E-state index is 13.2. The van der Waals surface area contributed by atoms with Gasteiger partial charge in [0.15, 0.2) is 5.69 Å². The molecule has 3 aromatic heterocycles. The maximum atomic E-state index is 13.2. The van der Waals surface area contributed by atoms with Crippen molar-refractivity contribution in [2.75, 3.05) is 0 Å². The van der Waals surface area contributed by atoms with Crippen LogP contribution in [0.5, 0.6) is 0 Å². The lowest BCUT2D eigenvalue weighted by molar-refractivity contribution is 0.0691. The number of carbonyl (C=O) groups is 1. The van der Waals surface area contributed by atoms with Gasteiger partial charge < -0.3 is 5.11 Å². The van der Waals surface area contributed by atoms with Crippen molar-refractivity contribution in [1.82, 2.24) is 19.4 Å². The van der Waals surface area contributed by atoms with Crippen LogP contribution in [0.1, 0.15) is 10.5 Å². The van der Waals surface area contributed by atoms with Gasteiger partial charge in [-0.15, -0.1) is 11.3 Å². The molecule has 0 aliphatic heterocycles. The minimum atomic E-state index is -1.09. The molecule has 4 rings (SSSR count). The second kappa shape index (κ2) is 5.50. The second-order valence-electron chi connectivity index (χ2n) is 4.95. The zero-order valence-corrected chi connectivity index (χ0v) is 12.9. The smallest absolute Gasteiger partial charge is 0.355 e. The highest BCUT2D eigenvalue weighted by Crippen LogP contribution is 2.34. The lowest BCUT2D eigenvalue weighted by atomic mass is 10.1. The van der Waals surface area contributed by atoms with Crippen LogP contribution in [0.3, 0.4) is 0 Å². The summed E-state index contributed by atoms with van der Waals surface area (Å²) in [4.78, 5) is 24.0. The molecule has 0 fully saturated rings. The number of aromatic nitrogens is 4. The quantitative estimate of drug-likeness (QED) is 0.618. The van der Waals surface area contributed by atoms with Gasteiger partial charge in [0.25, 0.3) is 0 Å². The molecule has 0 amide bonds. The van der Waals surface area contributed by atoms with E-state index < -0.39 is 5.97 Å². The van der Waals surface area contributed by atoms with Crippen molar-refractivity contribution in [3.8, 4) is 22.0 Å². The number of carboxylic acids is 1. The lowest BCUT2D eigenvalue weighted by Crippen LogP contribution is -1.96. The Hall–Kier alpha value is -3.13. The molecular formula is C16H9FN4O2S. The molecule has 0 saturated heterocycles. The fourth-order valence-corrected chi connectivity index (χ4v) is 3.22. The van der Waals surface area contributed by atoms with Crippen LogP contribution in [0.15, 0.2) is 48.1 Å². The molecule has 0 aliphatic rings. The monoisotopic (exact) mass is 340 g/mol. The number of halogens is 1. The van der Waals surface area contributed by atoms with Gasteiger partial charge in [0, 0.05) is 23.3 Å². The first kappa shape index (κ1) is 14.5. The Kier molecular flexibility index (Phi) is 3.31. The van der Waals surface area contributed by atoms with E-state index in [0.717, 1.165) is 0 Å². The van der Waals surface area contributed by atoms with Crippen molar-refractivity contribution in [1.29, 1.82) is 0 Å². The van der Waals surface area contributed by atoms with E-state index in [1.165, 1.54) is 28.8 Å². The zero-order valence-electron chi connectivity index (χ0n) is 12.0. The highest BCUT2D eigenvalue weighted by molar-refractivity contribution is 7.13. The Morgan fingerprint density at radius 2 is 2.00 bits per heavy atom. The Morgan fingerprint density at radius 3 is 2.71 bits per heavy atom. The van der Waals surface area contributed by atoms with E-state index in [1.54, 1.807) is 35.0 Å². The SMILES string of the molecule is O=C(O)c1csc(-c2c(-c3ccc(F)cc3)nc3ncccn23)n1. The van der Waals surface area contributed by atoms with Gasteiger partial charge in [0.05, 0.1) is 0 Å². The number of hydrogen-bond acceptors (Lipinski definition) is 5. The normalized spacial score (nSPS) is 11.0. The van der Waals surface area contributed by atoms with Crippen LogP contribution >= 0.6 is 11.3 Å². The molecule has 0 saturated carbocycles. The average molecular weight is 340 g/mol. The van der Waals surface area contributed by atoms with Gasteiger partial charge in [0.2, 0.25) is 5.78 Å². The third kappa shape index (κ3) is 2.33. The summed E-state index contributed by atoms with van der Waals surface area (Å²) in [6.07, 6.45) is 3.39. The van der Waals surface area contributed by atoms with Crippen molar-refractivity contribution in [3.05, 3.63) is 59.6 Å². The van der Waals surface area contributed by atoms with E-state index in [2.05, 4.69) is 15.0 Å². The summed E-state index contributed by atoms with van der Waals surface area (Å²) < 4.78 is 14.9. The van der Waals surface area contributed by atoms with Gasteiger partial charge in [0.1, 0.15) is 22.2 Å². The molecule has 0 unspecified atom stereocenters. The highest BCUT2D eigenvalue weighted by atomic mass is 32.1. The number of thiazole rings is 1. The lowest BCUT2D eigenvalue weighted by Gasteiger charge is -2.02.